The maximum absolute atomic E-state index is 12.2. The summed E-state index contributed by atoms with van der Waals surface area (Å²) in [5.41, 5.74) is 0.958. The van der Waals surface area contributed by atoms with E-state index in [9.17, 15) is 13.2 Å². The van der Waals surface area contributed by atoms with Crippen LogP contribution in [-0.4, -0.2) is 42.3 Å². The Morgan fingerprint density at radius 2 is 2.04 bits per heavy atom. The molecule has 0 radical (unpaired) electrons. The topological polar surface area (TPSA) is 103 Å². The van der Waals surface area contributed by atoms with Gasteiger partial charge in [0.15, 0.2) is 0 Å². The minimum absolute atomic E-state index is 0.170. The van der Waals surface area contributed by atoms with Crippen molar-refractivity contribution in [1.82, 2.24) is 19.5 Å². The van der Waals surface area contributed by atoms with E-state index in [0.717, 1.165) is 0 Å². The Labute approximate surface area is 134 Å². The molecule has 2 aromatic rings. The SMILES string of the molecule is COC(=O)c1ccc(CS(=O)(=O)N[C@@H](C)Cn2cncn2)cc1. The molecule has 1 N–H and O–H groups in total. The number of hydrogen-bond donors (Lipinski definition) is 1. The van der Waals surface area contributed by atoms with Crippen molar-refractivity contribution in [3.63, 3.8) is 0 Å². The monoisotopic (exact) mass is 338 g/mol. The van der Waals surface area contributed by atoms with Gasteiger partial charge < -0.3 is 4.74 Å². The van der Waals surface area contributed by atoms with Gasteiger partial charge in [-0.3, -0.25) is 4.68 Å². The van der Waals surface area contributed by atoms with E-state index in [2.05, 4.69) is 19.5 Å². The van der Waals surface area contributed by atoms with Crippen molar-refractivity contribution in [3.05, 3.63) is 48.0 Å². The van der Waals surface area contributed by atoms with Crippen LogP contribution >= 0.6 is 0 Å². The first-order chi connectivity index (χ1) is 10.9. The predicted molar refractivity (Wildman–Crippen MR) is 83.0 cm³/mol. The summed E-state index contributed by atoms with van der Waals surface area (Å²) in [6.07, 6.45) is 2.92. The number of rotatable bonds is 7. The molecule has 0 amide bonds. The molecule has 124 valence electrons. The normalized spacial score (nSPS) is 12.8. The molecule has 0 aliphatic heterocycles. The van der Waals surface area contributed by atoms with Crippen LogP contribution in [0.1, 0.15) is 22.8 Å². The Bertz CT molecular complexity index is 742. The van der Waals surface area contributed by atoms with Crippen molar-refractivity contribution in [2.75, 3.05) is 7.11 Å². The molecule has 0 saturated carbocycles. The van der Waals surface area contributed by atoms with Gasteiger partial charge in [0, 0.05) is 6.04 Å². The van der Waals surface area contributed by atoms with Crippen molar-refractivity contribution in [1.29, 1.82) is 0 Å². The smallest absolute Gasteiger partial charge is 0.337 e. The number of nitrogens with one attached hydrogen (secondary N) is 1. The molecule has 0 fully saturated rings. The van der Waals surface area contributed by atoms with Crippen LogP contribution in [0.2, 0.25) is 0 Å². The molecule has 0 unspecified atom stereocenters. The lowest BCUT2D eigenvalue weighted by Gasteiger charge is -2.14. The van der Waals surface area contributed by atoms with Gasteiger partial charge in [-0.15, -0.1) is 0 Å². The van der Waals surface area contributed by atoms with Gasteiger partial charge in [0.05, 0.1) is 25.0 Å². The fraction of sp³-hybridized carbons (Fsp3) is 0.357. The number of methoxy groups -OCH3 is 1. The standard InChI is InChI=1S/C14H18N4O4S/c1-11(7-18-10-15-9-16-18)17-23(20,21)8-12-3-5-13(6-4-12)14(19)22-2/h3-6,9-11,17H,7-8H2,1-2H3/t11-/m0/s1. The highest BCUT2D eigenvalue weighted by Crippen LogP contribution is 2.09. The number of sulfonamides is 1. The van der Waals surface area contributed by atoms with Crippen molar-refractivity contribution < 1.29 is 17.9 Å². The number of carbonyl (C=O) groups is 1. The van der Waals surface area contributed by atoms with Crippen LogP contribution < -0.4 is 4.72 Å². The zero-order chi connectivity index (χ0) is 16.9. The second kappa shape index (κ2) is 7.34. The van der Waals surface area contributed by atoms with E-state index in [0.29, 0.717) is 17.7 Å². The summed E-state index contributed by atoms with van der Waals surface area (Å²) >= 11 is 0. The van der Waals surface area contributed by atoms with E-state index in [1.807, 2.05) is 0 Å². The largest absolute Gasteiger partial charge is 0.465 e. The summed E-state index contributed by atoms with van der Waals surface area (Å²) in [5, 5.41) is 3.93. The molecule has 23 heavy (non-hydrogen) atoms. The third-order valence-electron chi connectivity index (χ3n) is 3.04. The highest BCUT2D eigenvalue weighted by molar-refractivity contribution is 7.88. The molecule has 1 heterocycles. The van der Waals surface area contributed by atoms with Gasteiger partial charge in [-0.25, -0.2) is 22.9 Å². The summed E-state index contributed by atoms with van der Waals surface area (Å²) in [4.78, 5) is 15.1. The first-order valence-corrected chi connectivity index (χ1v) is 8.54. The molecular formula is C14H18N4O4S. The van der Waals surface area contributed by atoms with Crippen LogP contribution in [-0.2, 0) is 27.1 Å². The summed E-state index contributed by atoms with van der Waals surface area (Å²) in [5.74, 6) is -0.630. The van der Waals surface area contributed by atoms with Crippen LogP contribution in [0, 0.1) is 0 Å². The molecule has 9 heteroatoms. The van der Waals surface area contributed by atoms with E-state index in [4.69, 9.17) is 0 Å². The fourth-order valence-corrected chi connectivity index (χ4v) is 3.47. The molecule has 0 spiro atoms. The van der Waals surface area contributed by atoms with E-state index in [1.165, 1.54) is 31.9 Å². The van der Waals surface area contributed by atoms with Crippen LogP contribution in [0.5, 0.6) is 0 Å². The van der Waals surface area contributed by atoms with Gasteiger partial charge in [-0.1, -0.05) is 12.1 Å². The molecule has 0 saturated heterocycles. The summed E-state index contributed by atoms with van der Waals surface area (Å²) < 4.78 is 33.1. The molecule has 0 aliphatic carbocycles. The van der Waals surface area contributed by atoms with Crippen LogP contribution in [0.4, 0.5) is 0 Å². The number of ether oxygens (including phenoxy) is 1. The molecule has 1 aromatic heterocycles. The number of carbonyl (C=O) groups excluding carboxylic acids is 1. The summed E-state index contributed by atoms with van der Waals surface area (Å²) in [6, 6.07) is 5.93. The maximum Gasteiger partial charge on any atom is 0.337 e. The molecule has 8 nitrogen and oxygen atoms in total. The Kier molecular flexibility index (Phi) is 5.45. The van der Waals surface area contributed by atoms with E-state index >= 15 is 0 Å². The van der Waals surface area contributed by atoms with Crippen molar-refractivity contribution in [2.45, 2.75) is 25.3 Å². The van der Waals surface area contributed by atoms with E-state index in [-0.39, 0.29) is 11.8 Å². The molecular weight excluding hydrogens is 320 g/mol. The second-order valence-electron chi connectivity index (χ2n) is 5.08. The minimum atomic E-state index is -3.50. The second-order valence-corrected chi connectivity index (χ2v) is 6.84. The lowest BCUT2D eigenvalue weighted by Crippen LogP contribution is -2.36. The Balaban J connectivity index is 1.96. The van der Waals surface area contributed by atoms with Gasteiger partial charge in [0.1, 0.15) is 12.7 Å². The number of hydrogen-bond acceptors (Lipinski definition) is 6. The zero-order valence-electron chi connectivity index (χ0n) is 12.8. The van der Waals surface area contributed by atoms with Gasteiger partial charge in [0.2, 0.25) is 10.0 Å². The van der Waals surface area contributed by atoms with Crippen molar-refractivity contribution in [2.24, 2.45) is 0 Å². The van der Waals surface area contributed by atoms with E-state index < -0.39 is 16.0 Å². The average Bonchev–Trinajstić information content (AvgIpc) is 2.98. The average molecular weight is 338 g/mol. The lowest BCUT2D eigenvalue weighted by molar-refractivity contribution is 0.0600. The van der Waals surface area contributed by atoms with Crippen LogP contribution in [0.25, 0.3) is 0 Å². The van der Waals surface area contributed by atoms with Crippen LogP contribution in [0.15, 0.2) is 36.9 Å². The molecule has 1 atom stereocenters. The lowest BCUT2D eigenvalue weighted by atomic mass is 10.1. The molecule has 0 aliphatic rings. The van der Waals surface area contributed by atoms with Crippen molar-refractivity contribution >= 4 is 16.0 Å². The van der Waals surface area contributed by atoms with Gasteiger partial charge in [0.25, 0.3) is 0 Å². The van der Waals surface area contributed by atoms with Crippen molar-refractivity contribution in [3.8, 4) is 0 Å². The third-order valence-corrected chi connectivity index (χ3v) is 4.51. The quantitative estimate of drug-likeness (QED) is 0.741. The minimum Gasteiger partial charge on any atom is -0.465 e. The predicted octanol–water partition coefficient (Wildman–Crippen LogP) is 0.573. The fourth-order valence-electron chi connectivity index (χ4n) is 2.07. The Morgan fingerprint density at radius 3 is 2.61 bits per heavy atom. The highest BCUT2D eigenvalue weighted by atomic mass is 32.2. The summed E-state index contributed by atoms with van der Waals surface area (Å²) in [6.45, 7) is 2.14. The summed E-state index contributed by atoms with van der Waals surface area (Å²) in [7, 11) is -2.21. The number of nitrogens with zero attached hydrogens (tertiary/aromatic N) is 3. The zero-order valence-corrected chi connectivity index (χ0v) is 13.7. The first-order valence-electron chi connectivity index (χ1n) is 6.89. The Morgan fingerprint density at radius 1 is 1.35 bits per heavy atom. The maximum atomic E-state index is 12.2. The van der Waals surface area contributed by atoms with Gasteiger partial charge in [-0.2, -0.15) is 5.10 Å². The van der Waals surface area contributed by atoms with Gasteiger partial charge in [-0.05, 0) is 24.6 Å². The molecule has 1 aromatic carbocycles. The van der Waals surface area contributed by atoms with Crippen LogP contribution in [0.3, 0.4) is 0 Å². The van der Waals surface area contributed by atoms with E-state index in [1.54, 1.807) is 23.7 Å². The molecule has 0 bridgehead atoms. The highest BCUT2D eigenvalue weighted by Gasteiger charge is 2.16. The number of aromatic nitrogens is 3. The van der Waals surface area contributed by atoms with Gasteiger partial charge >= 0.3 is 5.97 Å². The first kappa shape index (κ1) is 17.1. The molecule has 2 rings (SSSR count). The third kappa shape index (κ3) is 5.15. The Hall–Kier alpha value is -2.26. The number of esters is 1. The number of benzene rings is 1.